The predicted molar refractivity (Wildman–Crippen MR) is 56.2 cm³/mol. The van der Waals surface area contributed by atoms with Crippen molar-refractivity contribution >= 4 is 5.57 Å². The minimum atomic E-state index is 0.408. The van der Waals surface area contributed by atoms with Gasteiger partial charge in [0.15, 0.2) is 0 Å². The number of nitrogens with two attached hydrogens (primary N) is 1. The highest BCUT2D eigenvalue weighted by molar-refractivity contribution is 5.66. The molecule has 0 amide bonds. The van der Waals surface area contributed by atoms with Crippen molar-refractivity contribution in [3.63, 3.8) is 0 Å². The summed E-state index contributed by atoms with van der Waals surface area (Å²) in [6.45, 7) is 4.13. The van der Waals surface area contributed by atoms with Gasteiger partial charge in [0.1, 0.15) is 0 Å². The molecule has 1 fully saturated rings. The fraction of sp³-hybridized carbons (Fsp3) is 0.333. The maximum atomic E-state index is 5.74. The minimum absolute atomic E-state index is 0.408. The Morgan fingerprint density at radius 2 is 1.85 bits per heavy atom. The highest BCUT2D eigenvalue weighted by Gasteiger charge is 2.28. The van der Waals surface area contributed by atoms with Crippen molar-refractivity contribution < 1.29 is 0 Å². The average Bonchev–Trinajstić information content (AvgIpc) is 2.13. The van der Waals surface area contributed by atoms with Gasteiger partial charge in [-0.2, -0.15) is 0 Å². The first-order valence-electron chi connectivity index (χ1n) is 4.77. The normalized spacial score (nSPS) is 26.5. The molecule has 0 spiro atoms. The van der Waals surface area contributed by atoms with E-state index in [9.17, 15) is 0 Å². The lowest BCUT2D eigenvalue weighted by Crippen LogP contribution is -2.36. The molecule has 0 heterocycles. The van der Waals surface area contributed by atoms with Crippen LogP contribution in [0.4, 0.5) is 0 Å². The highest BCUT2D eigenvalue weighted by atomic mass is 14.7. The average molecular weight is 173 g/mol. The Kier molecular flexibility index (Phi) is 2.19. The summed E-state index contributed by atoms with van der Waals surface area (Å²) in [5, 5.41) is 0. The quantitative estimate of drug-likeness (QED) is 0.730. The molecule has 2 N–H and O–H groups in total. The van der Waals surface area contributed by atoms with Crippen molar-refractivity contribution in [1.29, 1.82) is 0 Å². The Hall–Kier alpha value is -1.08. The number of hydrogen-bond donors (Lipinski definition) is 1. The number of allylic oxidation sites excluding steroid dienone is 1. The maximum absolute atomic E-state index is 5.74. The molecule has 1 aromatic carbocycles. The molecule has 0 radical (unpaired) electrons. The van der Waals surface area contributed by atoms with Crippen LogP contribution in [-0.4, -0.2) is 6.04 Å². The van der Waals surface area contributed by atoms with Crippen LogP contribution in [0.2, 0.25) is 0 Å². The van der Waals surface area contributed by atoms with E-state index in [0.29, 0.717) is 12.0 Å². The number of hydrogen-bond acceptors (Lipinski definition) is 1. The lowest BCUT2D eigenvalue weighted by molar-refractivity contribution is 0.335. The van der Waals surface area contributed by atoms with E-state index in [4.69, 9.17) is 5.73 Å². The molecular formula is C12H15N. The van der Waals surface area contributed by atoms with E-state index in [1.807, 2.05) is 6.07 Å². The summed E-state index contributed by atoms with van der Waals surface area (Å²) >= 11 is 0. The van der Waals surface area contributed by atoms with Crippen LogP contribution in [0.3, 0.4) is 0 Å². The highest BCUT2D eigenvalue weighted by Crippen LogP contribution is 2.36. The van der Waals surface area contributed by atoms with Gasteiger partial charge in [0, 0.05) is 6.04 Å². The second-order valence-electron chi connectivity index (χ2n) is 3.82. The topological polar surface area (TPSA) is 26.0 Å². The summed E-state index contributed by atoms with van der Waals surface area (Å²) in [6.07, 6.45) is 2.21. The summed E-state index contributed by atoms with van der Waals surface area (Å²) in [7, 11) is 0. The van der Waals surface area contributed by atoms with Crippen LogP contribution in [0.15, 0.2) is 36.9 Å². The van der Waals surface area contributed by atoms with Crippen LogP contribution in [0.25, 0.3) is 5.57 Å². The summed E-state index contributed by atoms with van der Waals surface area (Å²) in [4.78, 5) is 0. The maximum Gasteiger partial charge on any atom is 0.00504 e. The molecule has 68 valence electrons. The number of rotatable bonds is 2. The van der Waals surface area contributed by atoms with E-state index in [1.54, 1.807) is 0 Å². The second kappa shape index (κ2) is 3.35. The summed E-state index contributed by atoms with van der Waals surface area (Å²) in [6, 6.07) is 10.8. The molecule has 2 rings (SSSR count). The van der Waals surface area contributed by atoms with Crippen molar-refractivity contribution in [2.24, 2.45) is 11.7 Å². The molecule has 13 heavy (non-hydrogen) atoms. The van der Waals surface area contributed by atoms with Gasteiger partial charge in [-0.15, -0.1) is 0 Å². The Morgan fingerprint density at radius 1 is 1.23 bits per heavy atom. The third-order valence-electron chi connectivity index (χ3n) is 2.81. The third-order valence-corrected chi connectivity index (χ3v) is 2.81. The summed E-state index contributed by atoms with van der Waals surface area (Å²) in [5.74, 6) is 0.623. The van der Waals surface area contributed by atoms with Crippen LogP contribution in [0.5, 0.6) is 0 Å². The third kappa shape index (κ3) is 1.65. The monoisotopic (exact) mass is 173 g/mol. The minimum Gasteiger partial charge on any atom is -0.328 e. The first-order valence-corrected chi connectivity index (χ1v) is 4.77. The molecule has 1 nitrogen and oxygen atoms in total. The van der Waals surface area contributed by atoms with Crippen molar-refractivity contribution in [2.75, 3.05) is 0 Å². The molecule has 1 aliphatic rings. The van der Waals surface area contributed by atoms with Crippen molar-refractivity contribution in [3.05, 3.63) is 42.5 Å². The molecule has 0 aromatic heterocycles. The number of benzene rings is 1. The molecule has 0 saturated heterocycles. The lowest BCUT2D eigenvalue weighted by Gasteiger charge is -2.34. The zero-order valence-corrected chi connectivity index (χ0v) is 7.74. The first kappa shape index (κ1) is 8.52. The smallest absolute Gasteiger partial charge is 0.00504 e. The van der Waals surface area contributed by atoms with Gasteiger partial charge in [-0.3, -0.25) is 0 Å². The van der Waals surface area contributed by atoms with E-state index in [1.165, 1.54) is 11.1 Å². The summed E-state index contributed by atoms with van der Waals surface area (Å²) < 4.78 is 0. The van der Waals surface area contributed by atoms with Gasteiger partial charge >= 0.3 is 0 Å². The lowest BCUT2D eigenvalue weighted by atomic mass is 9.74. The van der Waals surface area contributed by atoms with Gasteiger partial charge in [0.25, 0.3) is 0 Å². The molecule has 1 aromatic rings. The largest absolute Gasteiger partial charge is 0.328 e. The summed E-state index contributed by atoms with van der Waals surface area (Å²) in [5.41, 5.74) is 8.26. The Labute approximate surface area is 79.3 Å². The second-order valence-corrected chi connectivity index (χ2v) is 3.82. The van der Waals surface area contributed by atoms with E-state index >= 15 is 0 Å². The van der Waals surface area contributed by atoms with Crippen molar-refractivity contribution in [1.82, 2.24) is 0 Å². The van der Waals surface area contributed by atoms with E-state index in [0.717, 1.165) is 12.8 Å². The van der Waals surface area contributed by atoms with Crippen LogP contribution in [0, 0.1) is 5.92 Å². The SMILES string of the molecule is C=C(c1ccccc1)C1CC(N)C1. The molecule has 0 atom stereocenters. The van der Waals surface area contributed by atoms with E-state index < -0.39 is 0 Å². The molecule has 0 bridgehead atoms. The van der Waals surface area contributed by atoms with Gasteiger partial charge in [0.05, 0.1) is 0 Å². The van der Waals surface area contributed by atoms with E-state index in [-0.39, 0.29) is 0 Å². The Balaban J connectivity index is 2.06. The molecule has 0 unspecified atom stereocenters. The Bertz CT molecular complexity index is 296. The van der Waals surface area contributed by atoms with Crippen LogP contribution in [0.1, 0.15) is 18.4 Å². The first-order chi connectivity index (χ1) is 6.27. The van der Waals surface area contributed by atoms with Gasteiger partial charge < -0.3 is 5.73 Å². The zero-order chi connectivity index (χ0) is 9.26. The predicted octanol–water partition coefficient (Wildman–Crippen LogP) is 2.44. The molecular weight excluding hydrogens is 158 g/mol. The molecule has 1 heteroatoms. The van der Waals surface area contributed by atoms with E-state index in [2.05, 4.69) is 30.8 Å². The van der Waals surface area contributed by atoms with Crippen LogP contribution >= 0.6 is 0 Å². The molecule has 1 saturated carbocycles. The molecule has 1 aliphatic carbocycles. The van der Waals surface area contributed by atoms with Crippen molar-refractivity contribution in [2.45, 2.75) is 18.9 Å². The van der Waals surface area contributed by atoms with Crippen LogP contribution < -0.4 is 5.73 Å². The van der Waals surface area contributed by atoms with Gasteiger partial charge in [-0.05, 0) is 29.9 Å². The van der Waals surface area contributed by atoms with Gasteiger partial charge in [-0.25, -0.2) is 0 Å². The fourth-order valence-corrected chi connectivity index (χ4v) is 1.83. The zero-order valence-electron chi connectivity index (χ0n) is 7.74. The fourth-order valence-electron chi connectivity index (χ4n) is 1.83. The van der Waals surface area contributed by atoms with Crippen LogP contribution in [-0.2, 0) is 0 Å². The molecule has 0 aliphatic heterocycles. The Morgan fingerprint density at radius 3 is 2.38 bits per heavy atom. The van der Waals surface area contributed by atoms with Gasteiger partial charge in [0.2, 0.25) is 0 Å². The van der Waals surface area contributed by atoms with Crippen molar-refractivity contribution in [3.8, 4) is 0 Å². The standard InChI is InChI=1S/C12H15N/c1-9(11-7-12(13)8-11)10-5-3-2-4-6-10/h2-6,11-12H,1,7-8,13H2. The van der Waals surface area contributed by atoms with Gasteiger partial charge in [-0.1, -0.05) is 36.9 Å².